The summed E-state index contributed by atoms with van der Waals surface area (Å²) in [5, 5.41) is 19.5. The highest BCUT2D eigenvalue weighted by Gasteiger charge is 2.53. The molecule has 0 saturated carbocycles. The van der Waals surface area contributed by atoms with Gasteiger partial charge in [0.2, 0.25) is 0 Å². The number of aromatic nitrogens is 3. The van der Waals surface area contributed by atoms with E-state index in [1.807, 2.05) is 6.92 Å². The lowest BCUT2D eigenvalue weighted by molar-refractivity contribution is -0.187. The molecule has 11 heteroatoms. The van der Waals surface area contributed by atoms with Gasteiger partial charge in [-0.15, -0.1) is 10.2 Å². The summed E-state index contributed by atoms with van der Waals surface area (Å²) in [5.74, 6) is -4.87. The number of carboxylic acids is 1. The number of aryl methyl sites for hydroxylation is 1. The molecule has 1 aliphatic heterocycles. The number of nitrogens with one attached hydrogen (secondary N) is 1. The van der Waals surface area contributed by atoms with Gasteiger partial charge in [0.25, 0.3) is 0 Å². The predicted molar refractivity (Wildman–Crippen MR) is 92.4 cm³/mol. The van der Waals surface area contributed by atoms with Crippen LogP contribution in [0.4, 0.5) is 23.7 Å². The lowest BCUT2D eigenvalue weighted by atomic mass is 9.96. The van der Waals surface area contributed by atoms with Gasteiger partial charge in [0, 0.05) is 25.2 Å². The molecule has 2 aromatic rings. The number of benzene rings is 1. The fourth-order valence-electron chi connectivity index (χ4n) is 3.23. The van der Waals surface area contributed by atoms with Gasteiger partial charge in [-0.3, -0.25) is 4.79 Å². The van der Waals surface area contributed by atoms with Crippen molar-refractivity contribution in [3.8, 4) is 11.4 Å². The fraction of sp³-hybridized carbons (Fsp3) is 0.412. The van der Waals surface area contributed by atoms with E-state index >= 15 is 0 Å². The second kappa shape index (κ2) is 7.49. The highest BCUT2D eigenvalue weighted by Crippen LogP contribution is 2.38. The van der Waals surface area contributed by atoms with Gasteiger partial charge < -0.3 is 19.9 Å². The number of alkyl halides is 3. The van der Waals surface area contributed by atoms with Crippen LogP contribution in [0.3, 0.4) is 0 Å². The second-order valence-corrected chi connectivity index (χ2v) is 6.41. The molecule has 1 aromatic carbocycles. The molecular formula is C17H18F3N5O3. The van der Waals surface area contributed by atoms with Crippen LogP contribution in [0.25, 0.3) is 11.4 Å². The number of likely N-dealkylation sites (tertiary alicyclic amines) is 1. The Bertz CT molecular complexity index is 883. The highest BCUT2D eigenvalue weighted by atomic mass is 19.4. The maximum atomic E-state index is 13.1. The summed E-state index contributed by atoms with van der Waals surface area (Å²) in [7, 11) is 0. The molecule has 8 nitrogen and oxygen atoms in total. The fourth-order valence-corrected chi connectivity index (χ4v) is 3.23. The SMILES string of the molecule is CCn1cnnc1-c1ccccc1NC(=O)N1C[C@@H](C(F)(F)F)[C@H](C(=O)O)C1. The van der Waals surface area contributed by atoms with Crippen molar-refractivity contribution < 1.29 is 27.9 Å². The molecule has 1 aliphatic rings. The van der Waals surface area contributed by atoms with E-state index in [1.165, 1.54) is 6.33 Å². The molecule has 2 N–H and O–H groups in total. The van der Waals surface area contributed by atoms with E-state index < -0.39 is 43.1 Å². The molecule has 0 aliphatic carbocycles. The van der Waals surface area contributed by atoms with Gasteiger partial charge in [0.05, 0.1) is 17.5 Å². The number of hydrogen-bond donors (Lipinski definition) is 2. The van der Waals surface area contributed by atoms with Crippen LogP contribution in [-0.2, 0) is 11.3 Å². The summed E-state index contributed by atoms with van der Waals surface area (Å²) in [6.45, 7) is 1.25. The maximum absolute atomic E-state index is 13.1. The first kappa shape index (κ1) is 19.6. The third-order valence-electron chi connectivity index (χ3n) is 4.71. The van der Waals surface area contributed by atoms with E-state index in [0.29, 0.717) is 23.6 Å². The van der Waals surface area contributed by atoms with Crippen LogP contribution in [0.5, 0.6) is 0 Å². The zero-order chi connectivity index (χ0) is 20.5. The van der Waals surface area contributed by atoms with Crippen LogP contribution in [-0.4, -0.2) is 56.0 Å². The summed E-state index contributed by atoms with van der Waals surface area (Å²) >= 11 is 0. The predicted octanol–water partition coefficient (Wildman–Crippen LogP) is 2.69. The van der Waals surface area contributed by atoms with Crippen molar-refractivity contribution in [1.82, 2.24) is 19.7 Å². The van der Waals surface area contributed by atoms with Crippen LogP contribution in [0, 0.1) is 11.8 Å². The van der Waals surface area contributed by atoms with Gasteiger partial charge in [0.1, 0.15) is 6.33 Å². The number of carbonyl (C=O) groups excluding carboxylic acids is 1. The average molecular weight is 397 g/mol. The number of carboxylic acid groups (broad SMARTS) is 1. The summed E-state index contributed by atoms with van der Waals surface area (Å²) in [6, 6.07) is 5.89. The topological polar surface area (TPSA) is 100 Å². The summed E-state index contributed by atoms with van der Waals surface area (Å²) in [6.07, 6.45) is -3.17. The number of urea groups is 1. The Morgan fingerprint density at radius 1 is 1.29 bits per heavy atom. The molecule has 2 atom stereocenters. The monoisotopic (exact) mass is 397 g/mol. The van der Waals surface area contributed by atoms with Gasteiger partial charge in [0.15, 0.2) is 5.82 Å². The molecule has 2 amide bonds. The van der Waals surface area contributed by atoms with E-state index in [2.05, 4.69) is 15.5 Å². The van der Waals surface area contributed by atoms with Gasteiger partial charge in [-0.1, -0.05) is 12.1 Å². The van der Waals surface area contributed by atoms with E-state index in [0.717, 1.165) is 4.90 Å². The molecule has 0 bridgehead atoms. The Kier molecular flexibility index (Phi) is 5.25. The number of carbonyl (C=O) groups is 2. The summed E-state index contributed by atoms with van der Waals surface area (Å²) < 4.78 is 41.1. The molecule has 0 radical (unpaired) electrons. The number of halogens is 3. The number of aliphatic carboxylic acids is 1. The smallest absolute Gasteiger partial charge is 0.394 e. The van der Waals surface area contributed by atoms with Crippen LogP contribution >= 0.6 is 0 Å². The minimum Gasteiger partial charge on any atom is -0.481 e. The molecule has 0 spiro atoms. The van der Waals surface area contributed by atoms with E-state index in [-0.39, 0.29) is 0 Å². The van der Waals surface area contributed by atoms with Crippen LogP contribution in [0.1, 0.15) is 6.92 Å². The molecule has 2 heterocycles. The molecule has 1 aromatic heterocycles. The van der Waals surface area contributed by atoms with Gasteiger partial charge in [-0.05, 0) is 19.1 Å². The third kappa shape index (κ3) is 3.78. The minimum absolute atomic E-state index is 0.345. The van der Waals surface area contributed by atoms with Gasteiger partial charge in [-0.25, -0.2) is 4.79 Å². The molecular weight excluding hydrogens is 379 g/mol. The first-order valence-electron chi connectivity index (χ1n) is 8.55. The van der Waals surface area contributed by atoms with Crippen molar-refractivity contribution in [2.75, 3.05) is 18.4 Å². The van der Waals surface area contributed by atoms with E-state index in [1.54, 1.807) is 28.8 Å². The lowest BCUT2D eigenvalue weighted by Crippen LogP contribution is -2.35. The van der Waals surface area contributed by atoms with Crippen LogP contribution < -0.4 is 5.32 Å². The first-order valence-corrected chi connectivity index (χ1v) is 8.55. The molecule has 3 rings (SSSR count). The maximum Gasteiger partial charge on any atom is 0.394 e. The summed E-state index contributed by atoms with van der Waals surface area (Å²) in [5.41, 5.74) is 0.897. The average Bonchev–Trinajstić information content (AvgIpc) is 3.29. The quantitative estimate of drug-likeness (QED) is 0.826. The van der Waals surface area contributed by atoms with Crippen LogP contribution in [0.2, 0.25) is 0 Å². The Hall–Kier alpha value is -3.11. The van der Waals surface area contributed by atoms with E-state index in [4.69, 9.17) is 5.11 Å². The van der Waals surface area contributed by atoms with E-state index in [9.17, 15) is 22.8 Å². The first-order chi connectivity index (χ1) is 13.2. The zero-order valence-corrected chi connectivity index (χ0v) is 14.8. The Labute approximate surface area is 158 Å². The zero-order valence-electron chi connectivity index (χ0n) is 14.8. The number of nitrogens with zero attached hydrogens (tertiary/aromatic N) is 4. The number of para-hydroxylation sites is 1. The lowest BCUT2D eigenvalue weighted by Gasteiger charge is -2.19. The van der Waals surface area contributed by atoms with Crippen LogP contribution in [0.15, 0.2) is 30.6 Å². The Morgan fingerprint density at radius 2 is 2.00 bits per heavy atom. The Balaban J connectivity index is 1.82. The largest absolute Gasteiger partial charge is 0.481 e. The second-order valence-electron chi connectivity index (χ2n) is 6.41. The van der Waals surface area contributed by atoms with Crippen molar-refractivity contribution in [2.45, 2.75) is 19.6 Å². The Morgan fingerprint density at radius 3 is 2.61 bits per heavy atom. The number of rotatable bonds is 4. The summed E-state index contributed by atoms with van der Waals surface area (Å²) in [4.78, 5) is 24.6. The van der Waals surface area contributed by atoms with Crippen molar-refractivity contribution in [3.63, 3.8) is 0 Å². The number of hydrogen-bond acceptors (Lipinski definition) is 4. The normalized spacial score (nSPS) is 19.6. The third-order valence-corrected chi connectivity index (χ3v) is 4.71. The molecule has 0 unspecified atom stereocenters. The highest BCUT2D eigenvalue weighted by molar-refractivity contribution is 5.94. The van der Waals surface area contributed by atoms with Crippen molar-refractivity contribution in [2.24, 2.45) is 11.8 Å². The van der Waals surface area contributed by atoms with Gasteiger partial charge >= 0.3 is 18.2 Å². The number of anilines is 1. The molecule has 28 heavy (non-hydrogen) atoms. The van der Waals surface area contributed by atoms with Crippen molar-refractivity contribution in [1.29, 1.82) is 0 Å². The standard InChI is InChI=1S/C17H18F3N5O3/c1-2-24-9-21-23-14(24)10-5-3-4-6-13(10)22-16(28)25-7-11(15(26)27)12(8-25)17(18,19)20/h3-6,9,11-12H,2,7-8H2,1H3,(H,22,28)(H,26,27)/t11-,12-/m1/s1. The van der Waals surface area contributed by atoms with Crippen molar-refractivity contribution >= 4 is 17.7 Å². The molecule has 1 saturated heterocycles. The molecule has 1 fully saturated rings. The molecule has 150 valence electrons. The number of amides is 2. The van der Waals surface area contributed by atoms with Crippen molar-refractivity contribution in [3.05, 3.63) is 30.6 Å². The minimum atomic E-state index is -4.70. The van der Waals surface area contributed by atoms with Gasteiger partial charge in [-0.2, -0.15) is 13.2 Å².